The van der Waals surface area contributed by atoms with E-state index in [0.29, 0.717) is 13.1 Å². The first-order chi connectivity index (χ1) is 8.66. The number of carbonyl (C=O) groups is 2. The van der Waals surface area contributed by atoms with Crippen molar-refractivity contribution >= 4 is 11.9 Å². The minimum absolute atomic E-state index is 0.120. The topological polar surface area (TPSA) is 73.9 Å². The molecule has 0 radical (unpaired) electrons. The first kappa shape index (κ1) is 13.3. The Hall–Kier alpha value is -1.18. The maximum Gasteiger partial charge on any atom is 0.324 e. The first-order valence-electron chi connectivity index (χ1n) is 6.26. The van der Waals surface area contributed by atoms with Crippen LogP contribution in [-0.2, 0) is 9.53 Å². The molecule has 1 atom stereocenters. The number of hydrogen-bond acceptors (Lipinski definition) is 5. The van der Waals surface area contributed by atoms with Gasteiger partial charge in [0.15, 0.2) is 0 Å². The number of ether oxygens (including phenoxy) is 1. The Kier molecular flexibility index (Phi) is 4.51. The van der Waals surface area contributed by atoms with Crippen molar-refractivity contribution in [3.63, 3.8) is 0 Å². The molecule has 2 aliphatic heterocycles. The summed E-state index contributed by atoms with van der Waals surface area (Å²) in [4.78, 5) is 26.0. The number of morpholine rings is 1. The molecular weight excluding hydrogens is 236 g/mol. The van der Waals surface area contributed by atoms with Gasteiger partial charge in [0.2, 0.25) is 5.91 Å². The molecule has 0 aromatic heterocycles. The SMILES string of the molecule is CN1CCO[C@H](CNCCN2C(=O)CNC2=O)C1. The van der Waals surface area contributed by atoms with Crippen LogP contribution < -0.4 is 10.6 Å². The van der Waals surface area contributed by atoms with Crippen LogP contribution >= 0.6 is 0 Å². The summed E-state index contributed by atoms with van der Waals surface area (Å²) in [6.45, 7) is 4.52. The molecule has 2 saturated heterocycles. The minimum atomic E-state index is -0.296. The van der Waals surface area contributed by atoms with Crippen LogP contribution in [0.5, 0.6) is 0 Å². The minimum Gasteiger partial charge on any atom is -0.374 e. The molecule has 7 nitrogen and oxygen atoms in total. The van der Waals surface area contributed by atoms with Crippen LogP contribution in [0.3, 0.4) is 0 Å². The van der Waals surface area contributed by atoms with Crippen molar-refractivity contribution < 1.29 is 14.3 Å². The Morgan fingerprint density at radius 1 is 1.50 bits per heavy atom. The van der Waals surface area contributed by atoms with E-state index in [0.717, 1.165) is 26.2 Å². The molecule has 2 aliphatic rings. The number of amides is 3. The van der Waals surface area contributed by atoms with Gasteiger partial charge in [-0.2, -0.15) is 0 Å². The fraction of sp³-hybridized carbons (Fsp3) is 0.818. The number of carbonyl (C=O) groups excluding carboxylic acids is 2. The van der Waals surface area contributed by atoms with Gasteiger partial charge >= 0.3 is 6.03 Å². The van der Waals surface area contributed by atoms with E-state index in [1.165, 1.54) is 4.90 Å². The number of nitrogens with zero attached hydrogens (tertiary/aromatic N) is 2. The van der Waals surface area contributed by atoms with Crippen molar-refractivity contribution in [3.8, 4) is 0 Å². The number of imide groups is 1. The lowest BCUT2D eigenvalue weighted by Crippen LogP contribution is -2.46. The van der Waals surface area contributed by atoms with Crippen LogP contribution in [0.4, 0.5) is 4.79 Å². The van der Waals surface area contributed by atoms with E-state index in [9.17, 15) is 9.59 Å². The van der Waals surface area contributed by atoms with Crippen LogP contribution in [0.25, 0.3) is 0 Å². The number of hydrogen-bond donors (Lipinski definition) is 2. The lowest BCUT2D eigenvalue weighted by Gasteiger charge is -2.30. The van der Waals surface area contributed by atoms with E-state index in [1.54, 1.807) is 0 Å². The van der Waals surface area contributed by atoms with Gasteiger partial charge in [0, 0.05) is 32.7 Å². The molecule has 0 bridgehead atoms. The van der Waals surface area contributed by atoms with Gasteiger partial charge in [0.1, 0.15) is 0 Å². The van der Waals surface area contributed by atoms with E-state index in [1.807, 2.05) is 0 Å². The third-order valence-electron chi connectivity index (χ3n) is 3.16. The molecular formula is C11H20N4O3. The fourth-order valence-electron chi connectivity index (χ4n) is 2.13. The monoisotopic (exact) mass is 256 g/mol. The molecule has 7 heteroatoms. The number of likely N-dealkylation sites (N-methyl/N-ethyl adjacent to an activating group) is 1. The van der Waals surface area contributed by atoms with Crippen molar-refractivity contribution in [1.29, 1.82) is 0 Å². The van der Waals surface area contributed by atoms with Crippen LogP contribution in [0, 0.1) is 0 Å². The third-order valence-corrected chi connectivity index (χ3v) is 3.16. The summed E-state index contributed by atoms with van der Waals surface area (Å²) in [7, 11) is 2.07. The summed E-state index contributed by atoms with van der Waals surface area (Å²) in [6, 6.07) is -0.296. The highest BCUT2D eigenvalue weighted by molar-refractivity contribution is 6.01. The molecule has 2 rings (SSSR count). The van der Waals surface area contributed by atoms with Gasteiger partial charge in [0.25, 0.3) is 0 Å². The lowest BCUT2D eigenvalue weighted by atomic mass is 10.3. The van der Waals surface area contributed by atoms with Crippen molar-refractivity contribution in [2.75, 3.05) is 52.9 Å². The Bertz CT molecular complexity index is 307. The Labute approximate surface area is 106 Å². The van der Waals surface area contributed by atoms with Gasteiger partial charge in [-0.25, -0.2) is 4.79 Å². The van der Waals surface area contributed by atoms with Crippen LogP contribution in [0.1, 0.15) is 0 Å². The third kappa shape index (κ3) is 3.41. The van der Waals surface area contributed by atoms with Crippen molar-refractivity contribution in [1.82, 2.24) is 20.4 Å². The molecule has 3 amide bonds. The smallest absolute Gasteiger partial charge is 0.324 e. The molecule has 18 heavy (non-hydrogen) atoms. The summed E-state index contributed by atoms with van der Waals surface area (Å²) in [5.41, 5.74) is 0. The average Bonchev–Trinajstić information content (AvgIpc) is 2.66. The van der Waals surface area contributed by atoms with Gasteiger partial charge in [-0.1, -0.05) is 0 Å². The van der Waals surface area contributed by atoms with E-state index in [2.05, 4.69) is 22.6 Å². The molecule has 0 aliphatic carbocycles. The van der Waals surface area contributed by atoms with Crippen molar-refractivity contribution in [3.05, 3.63) is 0 Å². The predicted molar refractivity (Wildman–Crippen MR) is 65.2 cm³/mol. The maximum absolute atomic E-state index is 11.3. The number of nitrogens with one attached hydrogen (secondary N) is 2. The highest BCUT2D eigenvalue weighted by Gasteiger charge is 2.27. The van der Waals surface area contributed by atoms with E-state index in [-0.39, 0.29) is 24.6 Å². The second-order valence-electron chi connectivity index (χ2n) is 4.66. The molecule has 0 saturated carbocycles. The molecule has 102 valence electrons. The zero-order valence-corrected chi connectivity index (χ0v) is 10.6. The Morgan fingerprint density at radius 2 is 2.33 bits per heavy atom. The summed E-state index contributed by atoms with van der Waals surface area (Å²) in [5.74, 6) is -0.157. The standard InChI is InChI=1S/C11H20N4O3/c1-14-4-5-18-9(8-14)6-12-2-3-15-10(16)7-13-11(15)17/h9,12H,2-8H2,1H3,(H,13,17)/t9-/m1/s1. The molecule has 0 spiro atoms. The Morgan fingerprint density at radius 3 is 3.00 bits per heavy atom. The highest BCUT2D eigenvalue weighted by atomic mass is 16.5. The zero-order valence-electron chi connectivity index (χ0n) is 10.6. The summed E-state index contributed by atoms with van der Waals surface area (Å²) < 4.78 is 5.60. The normalized spacial score (nSPS) is 25.6. The van der Waals surface area contributed by atoms with Crippen molar-refractivity contribution in [2.24, 2.45) is 0 Å². The van der Waals surface area contributed by atoms with E-state index < -0.39 is 0 Å². The zero-order chi connectivity index (χ0) is 13.0. The summed E-state index contributed by atoms with van der Waals surface area (Å²) >= 11 is 0. The second-order valence-corrected chi connectivity index (χ2v) is 4.66. The fourth-order valence-corrected chi connectivity index (χ4v) is 2.13. The molecule has 0 aromatic carbocycles. The average molecular weight is 256 g/mol. The largest absolute Gasteiger partial charge is 0.374 e. The number of rotatable bonds is 5. The highest BCUT2D eigenvalue weighted by Crippen LogP contribution is 2.01. The molecule has 2 N–H and O–H groups in total. The van der Waals surface area contributed by atoms with Crippen LogP contribution in [0.15, 0.2) is 0 Å². The molecule has 2 fully saturated rings. The van der Waals surface area contributed by atoms with E-state index >= 15 is 0 Å². The summed E-state index contributed by atoms with van der Waals surface area (Å²) in [5, 5.41) is 5.71. The quantitative estimate of drug-likeness (QED) is 0.460. The van der Waals surface area contributed by atoms with Gasteiger partial charge in [-0.05, 0) is 7.05 Å². The number of urea groups is 1. The molecule has 0 unspecified atom stereocenters. The molecule has 0 aromatic rings. The lowest BCUT2D eigenvalue weighted by molar-refractivity contribution is -0.124. The van der Waals surface area contributed by atoms with Gasteiger partial charge in [-0.15, -0.1) is 0 Å². The maximum atomic E-state index is 11.3. The van der Waals surface area contributed by atoms with E-state index in [4.69, 9.17) is 4.74 Å². The van der Waals surface area contributed by atoms with Gasteiger partial charge < -0.3 is 20.3 Å². The Balaban J connectivity index is 1.61. The molecule has 2 heterocycles. The van der Waals surface area contributed by atoms with Crippen LogP contribution in [0.2, 0.25) is 0 Å². The second kappa shape index (κ2) is 6.12. The predicted octanol–water partition coefficient (Wildman–Crippen LogP) is -1.54. The van der Waals surface area contributed by atoms with Gasteiger partial charge in [-0.3, -0.25) is 9.69 Å². The van der Waals surface area contributed by atoms with Crippen LogP contribution in [-0.4, -0.2) is 80.8 Å². The first-order valence-corrected chi connectivity index (χ1v) is 6.26. The van der Waals surface area contributed by atoms with Crippen molar-refractivity contribution in [2.45, 2.75) is 6.10 Å². The van der Waals surface area contributed by atoms with Gasteiger partial charge in [0.05, 0.1) is 19.3 Å². The summed E-state index contributed by atoms with van der Waals surface area (Å²) in [6.07, 6.45) is 0.187.